The van der Waals surface area contributed by atoms with E-state index >= 15 is 0 Å². The number of rotatable bonds is 3. The summed E-state index contributed by atoms with van der Waals surface area (Å²) in [5.41, 5.74) is 0. The Morgan fingerprint density at radius 2 is 2.00 bits per heavy atom. The van der Waals surface area contributed by atoms with Gasteiger partial charge in [0.25, 0.3) is 0 Å². The van der Waals surface area contributed by atoms with Crippen LogP contribution in [0.2, 0.25) is 0 Å². The molecule has 1 heterocycles. The maximum Gasteiger partial charge on any atom is 0.220 e. The zero-order valence-electron chi connectivity index (χ0n) is 9.82. The molecule has 1 aliphatic rings. The van der Waals surface area contributed by atoms with Gasteiger partial charge in [0.15, 0.2) is 5.78 Å². The lowest BCUT2D eigenvalue weighted by Crippen LogP contribution is -2.45. The molecule has 4 nitrogen and oxygen atoms in total. The summed E-state index contributed by atoms with van der Waals surface area (Å²) >= 11 is 0. The van der Waals surface area contributed by atoms with E-state index in [1.54, 1.807) is 18.9 Å². The number of methoxy groups -OCH3 is 1. The van der Waals surface area contributed by atoms with Crippen molar-refractivity contribution >= 4 is 11.7 Å². The van der Waals surface area contributed by atoms with Crippen LogP contribution in [0.3, 0.4) is 0 Å². The van der Waals surface area contributed by atoms with Crippen LogP contribution in [0.25, 0.3) is 0 Å². The van der Waals surface area contributed by atoms with Crippen molar-refractivity contribution in [3.05, 3.63) is 0 Å². The quantitative estimate of drug-likeness (QED) is 0.698. The van der Waals surface area contributed by atoms with E-state index in [0.29, 0.717) is 6.61 Å². The van der Waals surface area contributed by atoms with E-state index in [9.17, 15) is 9.59 Å². The van der Waals surface area contributed by atoms with Crippen molar-refractivity contribution in [2.75, 3.05) is 13.7 Å². The van der Waals surface area contributed by atoms with Gasteiger partial charge in [0, 0.05) is 14.0 Å². The number of ether oxygens (including phenoxy) is 1. The maximum atomic E-state index is 11.5. The molecule has 0 radical (unpaired) electrons. The second-order valence-corrected chi connectivity index (χ2v) is 4.30. The Morgan fingerprint density at radius 3 is 2.40 bits per heavy atom. The van der Waals surface area contributed by atoms with E-state index in [0.717, 1.165) is 6.42 Å². The summed E-state index contributed by atoms with van der Waals surface area (Å²) in [6.45, 7) is 5.58. The number of nitrogens with zero attached hydrogens (tertiary/aromatic N) is 1. The van der Waals surface area contributed by atoms with Gasteiger partial charge in [0.2, 0.25) is 5.91 Å². The van der Waals surface area contributed by atoms with Crippen molar-refractivity contribution in [3.63, 3.8) is 0 Å². The van der Waals surface area contributed by atoms with Gasteiger partial charge < -0.3 is 9.64 Å². The molecule has 1 amide bonds. The average molecular weight is 213 g/mol. The maximum absolute atomic E-state index is 11.5. The zero-order chi connectivity index (χ0) is 11.6. The van der Waals surface area contributed by atoms with Crippen molar-refractivity contribution < 1.29 is 14.3 Å². The molecule has 1 fully saturated rings. The third-order valence-electron chi connectivity index (χ3n) is 3.02. The summed E-state index contributed by atoms with van der Waals surface area (Å²) in [6.07, 6.45) is 0.845. The fourth-order valence-corrected chi connectivity index (χ4v) is 2.56. The van der Waals surface area contributed by atoms with Gasteiger partial charge in [-0.1, -0.05) is 6.92 Å². The summed E-state index contributed by atoms with van der Waals surface area (Å²) < 4.78 is 5.08. The van der Waals surface area contributed by atoms with Crippen LogP contribution in [-0.2, 0) is 14.3 Å². The highest BCUT2D eigenvalue weighted by molar-refractivity contribution is 5.87. The van der Waals surface area contributed by atoms with Gasteiger partial charge in [0.05, 0.1) is 18.7 Å². The fourth-order valence-electron chi connectivity index (χ4n) is 2.56. The molecular formula is C11H19NO3. The monoisotopic (exact) mass is 213 g/mol. The van der Waals surface area contributed by atoms with Gasteiger partial charge in [0.1, 0.15) is 0 Å². The number of carbonyl (C=O) groups excluding carboxylic acids is 2. The van der Waals surface area contributed by atoms with Gasteiger partial charge in [-0.2, -0.15) is 0 Å². The summed E-state index contributed by atoms with van der Waals surface area (Å²) in [5.74, 6) is 0.254. The normalized spacial score (nSPS) is 30.7. The van der Waals surface area contributed by atoms with Crippen molar-refractivity contribution in [2.24, 2.45) is 5.92 Å². The van der Waals surface area contributed by atoms with Crippen molar-refractivity contribution in [1.29, 1.82) is 0 Å². The number of hydrogen-bond donors (Lipinski definition) is 0. The molecule has 86 valence electrons. The Balaban J connectivity index is 2.87. The minimum Gasteiger partial charge on any atom is -0.383 e. The molecule has 1 rings (SSSR count). The number of Topliss-reactive ketones (excluding diaryl/α,β-unsaturated/α-hetero) is 1. The average Bonchev–Trinajstić information content (AvgIpc) is 2.42. The summed E-state index contributed by atoms with van der Waals surface area (Å²) in [7, 11) is 1.62. The highest BCUT2D eigenvalue weighted by Crippen LogP contribution is 2.30. The van der Waals surface area contributed by atoms with Gasteiger partial charge in [-0.25, -0.2) is 0 Å². The first-order valence-corrected chi connectivity index (χ1v) is 5.27. The second-order valence-electron chi connectivity index (χ2n) is 4.30. The highest BCUT2D eigenvalue weighted by Gasteiger charge is 2.42. The van der Waals surface area contributed by atoms with Crippen molar-refractivity contribution in [2.45, 2.75) is 39.3 Å². The molecule has 3 atom stereocenters. The van der Waals surface area contributed by atoms with Crippen LogP contribution < -0.4 is 0 Å². The SMILES string of the molecule is COC[C@@H]1C[C@H](C)[C@H](C(C)=O)N1C(C)=O. The molecular weight excluding hydrogens is 194 g/mol. The number of carbonyl (C=O) groups is 2. The Bertz CT molecular complexity index is 265. The largest absolute Gasteiger partial charge is 0.383 e. The number of ketones is 1. The molecule has 0 aromatic rings. The molecule has 0 spiro atoms. The second kappa shape index (κ2) is 4.75. The minimum atomic E-state index is -0.261. The Hall–Kier alpha value is -0.900. The topological polar surface area (TPSA) is 46.6 Å². The smallest absolute Gasteiger partial charge is 0.220 e. The molecule has 0 bridgehead atoms. The highest BCUT2D eigenvalue weighted by atomic mass is 16.5. The molecule has 0 aliphatic carbocycles. The number of hydrogen-bond acceptors (Lipinski definition) is 3. The first kappa shape index (κ1) is 12.2. The summed E-state index contributed by atoms with van der Waals surface area (Å²) in [4.78, 5) is 24.7. The predicted molar refractivity (Wildman–Crippen MR) is 56.4 cm³/mol. The van der Waals surface area contributed by atoms with Gasteiger partial charge >= 0.3 is 0 Å². The number of likely N-dealkylation sites (tertiary alicyclic amines) is 1. The molecule has 1 aliphatic heterocycles. The van der Waals surface area contributed by atoms with Crippen LogP contribution in [0.5, 0.6) is 0 Å². The van der Waals surface area contributed by atoms with E-state index in [-0.39, 0.29) is 29.7 Å². The van der Waals surface area contributed by atoms with Crippen LogP contribution in [0.1, 0.15) is 27.2 Å². The summed E-state index contributed by atoms with van der Waals surface area (Å²) in [6, 6.07) is -0.209. The zero-order valence-corrected chi connectivity index (χ0v) is 9.82. The Morgan fingerprint density at radius 1 is 1.40 bits per heavy atom. The molecule has 0 aromatic heterocycles. The van der Waals surface area contributed by atoms with E-state index in [1.165, 1.54) is 6.92 Å². The van der Waals surface area contributed by atoms with Gasteiger partial charge in [-0.3, -0.25) is 9.59 Å². The standard InChI is InChI=1S/C11H19NO3/c1-7-5-10(6-15-4)12(9(3)14)11(7)8(2)13/h7,10-11H,5-6H2,1-4H3/t7-,10-,11+/m0/s1. The van der Waals surface area contributed by atoms with Crippen LogP contribution in [0, 0.1) is 5.92 Å². The van der Waals surface area contributed by atoms with Gasteiger partial charge in [-0.15, -0.1) is 0 Å². The van der Waals surface area contributed by atoms with Crippen molar-refractivity contribution in [1.82, 2.24) is 4.90 Å². The van der Waals surface area contributed by atoms with E-state index in [2.05, 4.69) is 0 Å². The molecule has 4 heteroatoms. The van der Waals surface area contributed by atoms with E-state index < -0.39 is 0 Å². The first-order chi connectivity index (χ1) is 6.99. The predicted octanol–water partition coefficient (Wildman–Crippen LogP) is 0.847. The van der Waals surface area contributed by atoms with Crippen molar-refractivity contribution in [3.8, 4) is 0 Å². The molecule has 0 aromatic carbocycles. The molecule has 1 saturated heterocycles. The number of amides is 1. The lowest BCUT2D eigenvalue weighted by atomic mass is 9.99. The molecule has 15 heavy (non-hydrogen) atoms. The van der Waals surface area contributed by atoms with E-state index in [1.807, 2.05) is 6.92 Å². The first-order valence-electron chi connectivity index (χ1n) is 5.27. The lowest BCUT2D eigenvalue weighted by Gasteiger charge is -2.28. The van der Waals surface area contributed by atoms with Crippen LogP contribution in [0.4, 0.5) is 0 Å². The van der Waals surface area contributed by atoms with E-state index in [4.69, 9.17) is 4.74 Å². The van der Waals surface area contributed by atoms with Gasteiger partial charge in [-0.05, 0) is 19.3 Å². The fraction of sp³-hybridized carbons (Fsp3) is 0.818. The summed E-state index contributed by atoms with van der Waals surface area (Å²) in [5, 5.41) is 0. The third kappa shape index (κ3) is 2.37. The Kier molecular flexibility index (Phi) is 3.85. The third-order valence-corrected chi connectivity index (χ3v) is 3.02. The molecule has 0 unspecified atom stereocenters. The molecule has 0 saturated carbocycles. The van der Waals surface area contributed by atoms with Crippen LogP contribution >= 0.6 is 0 Å². The Labute approximate surface area is 90.6 Å². The minimum absolute atomic E-state index is 0.0402. The van der Waals surface area contributed by atoms with Crippen LogP contribution in [0.15, 0.2) is 0 Å². The molecule has 0 N–H and O–H groups in total. The van der Waals surface area contributed by atoms with Crippen LogP contribution in [-0.4, -0.2) is 42.4 Å². The lowest BCUT2D eigenvalue weighted by molar-refractivity contribution is -0.138.